The van der Waals surface area contributed by atoms with Crippen molar-refractivity contribution in [2.75, 3.05) is 20.6 Å². The summed E-state index contributed by atoms with van der Waals surface area (Å²) in [4.78, 5) is 11.4. The zero-order valence-electron chi connectivity index (χ0n) is 7.86. The van der Waals surface area contributed by atoms with Gasteiger partial charge in [0.2, 0.25) is 5.78 Å². The van der Waals surface area contributed by atoms with Gasteiger partial charge in [-0.2, -0.15) is 0 Å². The van der Waals surface area contributed by atoms with E-state index in [0.717, 1.165) is 0 Å². The van der Waals surface area contributed by atoms with Crippen LogP contribution in [0.25, 0.3) is 0 Å². The zero-order chi connectivity index (χ0) is 9.90. The predicted molar refractivity (Wildman–Crippen MR) is 51.1 cm³/mol. The lowest BCUT2D eigenvalue weighted by Gasteiger charge is -2.32. The molecule has 1 aromatic rings. The van der Waals surface area contributed by atoms with Gasteiger partial charge in [-0.3, -0.25) is 4.79 Å². The first-order valence-electron chi connectivity index (χ1n) is 4.11. The van der Waals surface area contributed by atoms with Crippen LogP contribution in [-0.2, 0) is 0 Å². The second-order valence-corrected chi connectivity index (χ2v) is 3.52. The fraction of sp³-hybridized carbons (Fsp3) is 0.300. The quantitative estimate of drug-likeness (QED) is 0.400. The average Bonchev–Trinajstić information content (AvgIpc) is 2.03. The molecule has 0 unspecified atom stereocenters. The molecule has 0 aliphatic carbocycles. The first kappa shape index (κ1) is 9.89. The van der Waals surface area contributed by atoms with Crippen LogP contribution >= 0.6 is 0 Å². The van der Waals surface area contributed by atoms with E-state index in [1.54, 1.807) is 24.3 Å². The monoisotopic (exact) mass is 179 g/mol. The molecule has 0 bridgehead atoms. The van der Waals surface area contributed by atoms with Crippen LogP contribution in [0.2, 0.25) is 0 Å². The number of quaternary nitrogens is 1. The molecular formula is C10H13NO2. The molecule has 0 amide bonds. The van der Waals surface area contributed by atoms with Crippen LogP contribution in [0.4, 0.5) is 0 Å². The molecule has 13 heavy (non-hydrogen) atoms. The molecule has 0 aromatic heterocycles. The van der Waals surface area contributed by atoms with Crippen molar-refractivity contribution in [3.63, 3.8) is 0 Å². The maximum Gasteiger partial charge on any atom is 0.217 e. The van der Waals surface area contributed by atoms with Crippen molar-refractivity contribution in [3.8, 4) is 0 Å². The van der Waals surface area contributed by atoms with Crippen LogP contribution in [0.3, 0.4) is 0 Å². The van der Waals surface area contributed by atoms with E-state index in [1.807, 2.05) is 6.07 Å². The lowest BCUT2D eigenvalue weighted by Crippen LogP contribution is -2.37. The lowest BCUT2D eigenvalue weighted by atomic mass is 10.1. The third kappa shape index (κ3) is 3.36. The average molecular weight is 179 g/mol. The zero-order valence-corrected chi connectivity index (χ0v) is 7.86. The molecule has 0 fully saturated rings. The highest BCUT2D eigenvalue weighted by Gasteiger charge is 2.12. The van der Waals surface area contributed by atoms with Gasteiger partial charge in [-0.25, -0.2) is 0 Å². The largest absolute Gasteiger partial charge is 0.633 e. The van der Waals surface area contributed by atoms with Crippen molar-refractivity contribution in [2.45, 2.75) is 0 Å². The first-order chi connectivity index (χ1) is 5.99. The van der Waals surface area contributed by atoms with Crippen molar-refractivity contribution in [1.29, 1.82) is 0 Å². The number of nitrogens with zero attached hydrogens (tertiary/aromatic N) is 1. The molecule has 3 heteroatoms. The standard InChI is InChI=1S/C10H13NO2/c1-11(2,13)8-10(12)9-6-4-3-5-7-9/h3-7H,8H2,1-2H3. The van der Waals surface area contributed by atoms with Crippen LogP contribution in [0.1, 0.15) is 10.4 Å². The van der Waals surface area contributed by atoms with Crippen molar-refractivity contribution in [3.05, 3.63) is 41.1 Å². The Bertz CT molecular complexity index is 288. The smallest absolute Gasteiger partial charge is 0.217 e. The molecular weight excluding hydrogens is 166 g/mol. The minimum Gasteiger partial charge on any atom is -0.633 e. The summed E-state index contributed by atoms with van der Waals surface area (Å²) in [5.74, 6) is -0.111. The van der Waals surface area contributed by atoms with E-state index < -0.39 is 4.65 Å². The number of benzene rings is 1. The number of likely N-dealkylation sites (N-methyl/N-ethyl adjacent to an activating group) is 1. The number of rotatable bonds is 3. The van der Waals surface area contributed by atoms with Crippen LogP contribution < -0.4 is 0 Å². The van der Waals surface area contributed by atoms with Gasteiger partial charge in [0.05, 0.1) is 14.1 Å². The van der Waals surface area contributed by atoms with Crippen LogP contribution in [0, 0.1) is 5.21 Å². The number of ketones is 1. The highest BCUT2D eigenvalue weighted by atomic mass is 16.5. The predicted octanol–water partition coefficient (Wildman–Crippen LogP) is 1.44. The maximum absolute atomic E-state index is 11.4. The van der Waals surface area contributed by atoms with Crippen molar-refractivity contribution >= 4 is 5.78 Å². The highest BCUT2D eigenvalue weighted by Crippen LogP contribution is 2.03. The summed E-state index contributed by atoms with van der Waals surface area (Å²) in [6, 6.07) is 8.86. The SMILES string of the molecule is C[N+](C)([O-])CC(=O)c1ccccc1. The lowest BCUT2D eigenvalue weighted by molar-refractivity contribution is -0.830. The number of hydrogen-bond acceptors (Lipinski definition) is 2. The van der Waals surface area contributed by atoms with Gasteiger partial charge in [-0.1, -0.05) is 30.3 Å². The van der Waals surface area contributed by atoms with Crippen LogP contribution in [-0.4, -0.2) is 31.1 Å². The normalized spacial score (nSPS) is 11.3. The van der Waals surface area contributed by atoms with Gasteiger partial charge < -0.3 is 9.85 Å². The highest BCUT2D eigenvalue weighted by molar-refractivity contribution is 5.96. The maximum atomic E-state index is 11.4. The molecule has 0 aliphatic rings. The van der Waals surface area contributed by atoms with E-state index in [4.69, 9.17) is 0 Å². The summed E-state index contributed by atoms with van der Waals surface area (Å²) >= 11 is 0. The van der Waals surface area contributed by atoms with E-state index in [1.165, 1.54) is 14.1 Å². The molecule has 1 rings (SSSR count). The summed E-state index contributed by atoms with van der Waals surface area (Å²) in [5.41, 5.74) is 0.601. The van der Waals surface area contributed by atoms with Crippen molar-refractivity contribution in [2.24, 2.45) is 0 Å². The Balaban J connectivity index is 2.71. The molecule has 70 valence electrons. The Morgan fingerprint density at radius 1 is 1.31 bits per heavy atom. The molecule has 0 saturated heterocycles. The summed E-state index contributed by atoms with van der Waals surface area (Å²) in [6.07, 6.45) is 0. The van der Waals surface area contributed by atoms with E-state index >= 15 is 0 Å². The first-order valence-corrected chi connectivity index (χ1v) is 4.11. The molecule has 0 aliphatic heterocycles. The van der Waals surface area contributed by atoms with Gasteiger partial charge in [0.1, 0.15) is 6.54 Å². The summed E-state index contributed by atoms with van der Waals surface area (Å²) in [5, 5.41) is 11.2. The molecule has 0 atom stereocenters. The van der Waals surface area contributed by atoms with Gasteiger partial charge in [0, 0.05) is 5.56 Å². The number of hydrogen-bond donors (Lipinski definition) is 0. The fourth-order valence-electron chi connectivity index (χ4n) is 1.06. The van der Waals surface area contributed by atoms with Gasteiger partial charge in [0.25, 0.3) is 0 Å². The van der Waals surface area contributed by atoms with Gasteiger partial charge >= 0.3 is 0 Å². The molecule has 0 N–H and O–H groups in total. The number of carbonyl (C=O) groups excluding carboxylic acids is 1. The number of carbonyl (C=O) groups is 1. The molecule has 0 saturated carbocycles. The summed E-state index contributed by atoms with van der Waals surface area (Å²) in [6.45, 7) is -0.00991. The second-order valence-electron chi connectivity index (χ2n) is 3.52. The minimum absolute atomic E-state index is 0.00991. The van der Waals surface area contributed by atoms with Crippen LogP contribution in [0.15, 0.2) is 30.3 Å². The Morgan fingerprint density at radius 3 is 2.31 bits per heavy atom. The van der Waals surface area contributed by atoms with E-state index in [2.05, 4.69) is 0 Å². The third-order valence-electron chi connectivity index (χ3n) is 1.62. The van der Waals surface area contributed by atoms with Gasteiger partial charge in [-0.15, -0.1) is 0 Å². The minimum atomic E-state index is -0.576. The van der Waals surface area contributed by atoms with Crippen molar-refractivity contribution < 1.29 is 9.44 Å². The Morgan fingerprint density at radius 2 is 1.85 bits per heavy atom. The Labute approximate surface area is 77.8 Å². The molecule has 0 heterocycles. The van der Waals surface area contributed by atoms with E-state index in [0.29, 0.717) is 5.56 Å². The van der Waals surface area contributed by atoms with E-state index in [-0.39, 0.29) is 12.3 Å². The topological polar surface area (TPSA) is 40.1 Å². The summed E-state index contributed by atoms with van der Waals surface area (Å²) in [7, 11) is 2.92. The Hall–Kier alpha value is -1.19. The Kier molecular flexibility index (Phi) is 2.80. The van der Waals surface area contributed by atoms with Crippen LogP contribution in [0.5, 0.6) is 0 Å². The second kappa shape index (κ2) is 3.68. The molecule has 1 aromatic carbocycles. The van der Waals surface area contributed by atoms with Gasteiger partial charge in [0.15, 0.2) is 0 Å². The fourth-order valence-corrected chi connectivity index (χ4v) is 1.06. The number of Topliss-reactive ketones (excluding diaryl/α,β-unsaturated/α-hetero) is 1. The third-order valence-corrected chi connectivity index (χ3v) is 1.62. The molecule has 0 radical (unpaired) electrons. The van der Waals surface area contributed by atoms with Crippen molar-refractivity contribution in [1.82, 2.24) is 0 Å². The van der Waals surface area contributed by atoms with E-state index in [9.17, 15) is 10.0 Å². The molecule has 0 spiro atoms. The van der Waals surface area contributed by atoms with Gasteiger partial charge in [-0.05, 0) is 0 Å². The molecule has 3 nitrogen and oxygen atoms in total. The number of hydroxylamine groups is 3. The summed E-state index contributed by atoms with van der Waals surface area (Å²) < 4.78 is -0.576.